The molecule has 1 aromatic carbocycles. The Bertz CT molecular complexity index is 471. The first-order valence-corrected chi connectivity index (χ1v) is 5.33. The van der Waals surface area contributed by atoms with E-state index >= 15 is 0 Å². The molecule has 0 atom stereocenters. The van der Waals surface area contributed by atoms with E-state index in [4.69, 9.17) is 0 Å². The molecule has 1 aromatic heterocycles. The number of rotatable bonds is 3. The number of amides is 2. The average Bonchev–Trinajstić information content (AvgIpc) is 2.39. The normalized spacial score (nSPS) is 9.65. The van der Waals surface area contributed by atoms with Gasteiger partial charge in [-0.2, -0.15) is 0 Å². The summed E-state index contributed by atoms with van der Waals surface area (Å²) < 4.78 is 0. The van der Waals surface area contributed by atoms with Crippen molar-refractivity contribution in [1.82, 2.24) is 10.3 Å². The summed E-state index contributed by atoms with van der Waals surface area (Å²) in [7, 11) is 0. The molecule has 0 saturated carbocycles. The summed E-state index contributed by atoms with van der Waals surface area (Å²) >= 11 is 0. The Kier molecular flexibility index (Phi) is 3.70. The molecule has 0 unspecified atom stereocenters. The third-order valence-electron chi connectivity index (χ3n) is 2.21. The molecule has 2 amide bonds. The molecule has 0 aliphatic carbocycles. The fraction of sp³-hybridized carbons (Fsp3) is 0.0769. The number of para-hydroxylation sites is 1. The second-order valence-corrected chi connectivity index (χ2v) is 3.53. The highest BCUT2D eigenvalue weighted by molar-refractivity contribution is 5.89. The lowest BCUT2D eigenvalue weighted by atomic mass is 10.3. The SMILES string of the molecule is O=C(NCc1cccnc1)Nc1ccccc1. The van der Waals surface area contributed by atoms with E-state index in [0.717, 1.165) is 11.3 Å². The molecule has 0 spiro atoms. The predicted octanol–water partition coefficient (Wildman–Crippen LogP) is 2.40. The van der Waals surface area contributed by atoms with E-state index in [9.17, 15) is 4.79 Å². The second kappa shape index (κ2) is 5.65. The molecule has 0 radical (unpaired) electrons. The van der Waals surface area contributed by atoms with Gasteiger partial charge in [-0.3, -0.25) is 4.98 Å². The standard InChI is InChI=1S/C13H13N3O/c17-13(16-12-6-2-1-3-7-12)15-10-11-5-4-8-14-9-11/h1-9H,10H2,(H2,15,16,17). The molecule has 4 nitrogen and oxygen atoms in total. The Morgan fingerprint density at radius 2 is 1.94 bits per heavy atom. The number of urea groups is 1. The lowest BCUT2D eigenvalue weighted by molar-refractivity contribution is 0.251. The van der Waals surface area contributed by atoms with Gasteiger partial charge in [0.2, 0.25) is 0 Å². The quantitative estimate of drug-likeness (QED) is 0.846. The molecule has 0 aliphatic heterocycles. The van der Waals surface area contributed by atoms with Gasteiger partial charge in [-0.15, -0.1) is 0 Å². The number of hydrogen-bond donors (Lipinski definition) is 2. The van der Waals surface area contributed by atoms with Crippen molar-refractivity contribution in [1.29, 1.82) is 0 Å². The molecule has 4 heteroatoms. The summed E-state index contributed by atoms with van der Waals surface area (Å²) in [6.07, 6.45) is 3.43. The van der Waals surface area contributed by atoms with E-state index in [1.54, 1.807) is 12.4 Å². The van der Waals surface area contributed by atoms with Crippen LogP contribution in [0, 0.1) is 0 Å². The number of hydrogen-bond acceptors (Lipinski definition) is 2. The lowest BCUT2D eigenvalue weighted by Crippen LogP contribution is -2.28. The molecule has 0 bridgehead atoms. The minimum absolute atomic E-state index is 0.222. The third kappa shape index (κ3) is 3.61. The Morgan fingerprint density at radius 1 is 1.12 bits per heavy atom. The molecule has 2 N–H and O–H groups in total. The minimum Gasteiger partial charge on any atom is -0.334 e. The van der Waals surface area contributed by atoms with Crippen molar-refractivity contribution in [3.8, 4) is 0 Å². The van der Waals surface area contributed by atoms with Crippen LogP contribution in [-0.2, 0) is 6.54 Å². The number of aromatic nitrogens is 1. The van der Waals surface area contributed by atoms with Gasteiger partial charge in [0, 0.05) is 24.6 Å². The highest BCUT2D eigenvalue weighted by Crippen LogP contribution is 2.04. The zero-order valence-electron chi connectivity index (χ0n) is 9.26. The molecule has 17 heavy (non-hydrogen) atoms. The number of nitrogens with zero attached hydrogens (tertiary/aromatic N) is 1. The average molecular weight is 227 g/mol. The zero-order valence-corrected chi connectivity index (χ0v) is 9.26. The summed E-state index contributed by atoms with van der Waals surface area (Å²) in [6.45, 7) is 0.465. The summed E-state index contributed by atoms with van der Waals surface area (Å²) in [6, 6.07) is 12.8. The van der Waals surface area contributed by atoms with Gasteiger partial charge in [0.05, 0.1) is 0 Å². The molecule has 0 aliphatic rings. The number of anilines is 1. The van der Waals surface area contributed by atoms with Crippen LogP contribution < -0.4 is 10.6 Å². The van der Waals surface area contributed by atoms with Gasteiger partial charge >= 0.3 is 6.03 Å². The van der Waals surface area contributed by atoms with Crippen molar-refractivity contribution < 1.29 is 4.79 Å². The first kappa shape index (κ1) is 11.1. The van der Waals surface area contributed by atoms with Crippen LogP contribution in [0.15, 0.2) is 54.9 Å². The second-order valence-electron chi connectivity index (χ2n) is 3.53. The van der Waals surface area contributed by atoms with Gasteiger partial charge in [-0.25, -0.2) is 4.79 Å². The number of carbonyl (C=O) groups excluding carboxylic acids is 1. The minimum atomic E-state index is -0.222. The van der Waals surface area contributed by atoms with Crippen LogP contribution in [0.2, 0.25) is 0 Å². The third-order valence-corrected chi connectivity index (χ3v) is 2.21. The molecular weight excluding hydrogens is 214 g/mol. The smallest absolute Gasteiger partial charge is 0.319 e. The topological polar surface area (TPSA) is 54.0 Å². The van der Waals surface area contributed by atoms with Crippen LogP contribution in [0.1, 0.15) is 5.56 Å². The Morgan fingerprint density at radius 3 is 2.65 bits per heavy atom. The molecule has 2 aromatic rings. The summed E-state index contributed by atoms with van der Waals surface area (Å²) in [5.74, 6) is 0. The molecule has 1 heterocycles. The first-order chi connectivity index (χ1) is 8.34. The number of carbonyl (C=O) groups is 1. The number of nitrogens with one attached hydrogen (secondary N) is 2. The van der Waals surface area contributed by atoms with E-state index in [1.807, 2.05) is 42.5 Å². The fourth-order valence-corrected chi connectivity index (χ4v) is 1.38. The fourth-order valence-electron chi connectivity index (χ4n) is 1.38. The first-order valence-electron chi connectivity index (χ1n) is 5.33. The van der Waals surface area contributed by atoms with E-state index in [1.165, 1.54) is 0 Å². The molecule has 2 rings (SSSR count). The van der Waals surface area contributed by atoms with Crippen LogP contribution in [0.4, 0.5) is 10.5 Å². The van der Waals surface area contributed by atoms with Gasteiger partial charge in [-0.05, 0) is 23.8 Å². The van der Waals surface area contributed by atoms with Gasteiger partial charge in [0.15, 0.2) is 0 Å². The van der Waals surface area contributed by atoms with E-state index in [0.29, 0.717) is 6.54 Å². The highest BCUT2D eigenvalue weighted by atomic mass is 16.2. The lowest BCUT2D eigenvalue weighted by Gasteiger charge is -2.07. The monoisotopic (exact) mass is 227 g/mol. The maximum absolute atomic E-state index is 11.5. The number of pyridine rings is 1. The van der Waals surface area contributed by atoms with Crippen LogP contribution in [0.25, 0.3) is 0 Å². The van der Waals surface area contributed by atoms with Gasteiger partial charge < -0.3 is 10.6 Å². The van der Waals surface area contributed by atoms with Crippen molar-refractivity contribution >= 4 is 11.7 Å². The highest BCUT2D eigenvalue weighted by Gasteiger charge is 2.00. The van der Waals surface area contributed by atoms with Gasteiger partial charge in [-0.1, -0.05) is 24.3 Å². The summed E-state index contributed by atoms with van der Waals surface area (Å²) in [5, 5.41) is 5.50. The van der Waals surface area contributed by atoms with Crippen LogP contribution in [0.5, 0.6) is 0 Å². The van der Waals surface area contributed by atoms with Crippen molar-refractivity contribution in [3.63, 3.8) is 0 Å². The van der Waals surface area contributed by atoms with E-state index in [2.05, 4.69) is 15.6 Å². The Hall–Kier alpha value is -2.36. The van der Waals surface area contributed by atoms with E-state index < -0.39 is 0 Å². The Labute approximate surface area is 99.7 Å². The zero-order chi connectivity index (χ0) is 11.9. The van der Waals surface area contributed by atoms with Crippen LogP contribution in [0.3, 0.4) is 0 Å². The van der Waals surface area contributed by atoms with E-state index in [-0.39, 0.29) is 6.03 Å². The van der Waals surface area contributed by atoms with Crippen LogP contribution in [-0.4, -0.2) is 11.0 Å². The van der Waals surface area contributed by atoms with Crippen molar-refractivity contribution in [2.24, 2.45) is 0 Å². The van der Waals surface area contributed by atoms with Gasteiger partial charge in [0.1, 0.15) is 0 Å². The summed E-state index contributed by atoms with van der Waals surface area (Å²) in [4.78, 5) is 15.5. The van der Waals surface area contributed by atoms with Gasteiger partial charge in [0.25, 0.3) is 0 Å². The van der Waals surface area contributed by atoms with Crippen LogP contribution >= 0.6 is 0 Å². The molecular formula is C13H13N3O. The molecule has 86 valence electrons. The molecule has 0 fully saturated rings. The van der Waals surface area contributed by atoms with Crippen molar-refractivity contribution in [2.45, 2.75) is 6.54 Å². The largest absolute Gasteiger partial charge is 0.334 e. The van der Waals surface area contributed by atoms with Crippen molar-refractivity contribution in [2.75, 3.05) is 5.32 Å². The van der Waals surface area contributed by atoms with Crippen molar-refractivity contribution in [3.05, 3.63) is 60.4 Å². The maximum Gasteiger partial charge on any atom is 0.319 e. The predicted molar refractivity (Wildman–Crippen MR) is 66.5 cm³/mol. The molecule has 0 saturated heterocycles. The Balaban J connectivity index is 1.83. The number of benzene rings is 1. The maximum atomic E-state index is 11.5. The summed E-state index contributed by atoms with van der Waals surface area (Å²) in [5.41, 5.74) is 1.74.